The van der Waals surface area contributed by atoms with Crippen molar-refractivity contribution in [3.63, 3.8) is 0 Å². The van der Waals surface area contributed by atoms with Crippen molar-refractivity contribution in [3.05, 3.63) is 30.1 Å². The monoisotopic (exact) mass is 374 g/mol. The van der Waals surface area contributed by atoms with Crippen LogP contribution in [0.25, 0.3) is 0 Å². The maximum absolute atomic E-state index is 12.4. The van der Waals surface area contributed by atoms with Gasteiger partial charge in [0.05, 0.1) is 0 Å². The molecular formula is C6H4BiCl2F. The first kappa shape index (κ1) is 8.71. The summed E-state index contributed by atoms with van der Waals surface area (Å²) in [5.41, 5.74) is 0. The summed E-state index contributed by atoms with van der Waals surface area (Å²) in [7, 11) is 11.4. The van der Waals surface area contributed by atoms with Crippen molar-refractivity contribution < 1.29 is 4.39 Å². The standard InChI is InChI=1S/C6H4F.Bi.2ClH/c7-6-4-2-1-3-5-6;;;/h1-2,4-5H;;2*1H/q;+2;;/p-2. The number of benzene rings is 1. The minimum atomic E-state index is -2.42. The van der Waals surface area contributed by atoms with Crippen LogP contribution in [0, 0.1) is 5.82 Å². The van der Waals surface area contributed by atoms with Gasteiger partial charge in [-0.15, -0.1) is 0 Å². The van der Waals surface area contributed by atoms with Gasteiger partial charge in [0.25, 0.3) is 0 Å². The molecule has 0 aliphatic rings. The second-order valence-electron chi connectivity index (χ2n) is 1.71. The molecule has 0 atom stereocenters. The van der Waals surface area contributed by atoms with Crippen LogP contribution < -0.4 is 3.27 Å². The molecule has 0 aliphatic carbocycles. The first-order valence-corrected chi connectivity index (χ1v) is 12.9. The van der Waals surface area contributed by atoms with Crippen molar-refractivity contribution in [3.8, 4) is 0 Å². The van der Waals surface area contributed by atoms with Gasteiger partial charge in [0.1, 0.15) is 0 Å². The molecule has 1 aromatic carbocycles. The molecule has 0 heterocycles. The Balaban J connectivity index is 2.96. The van der Waals surface area contributed by atoms with Crippen LogP contribution in [0.1, 0.15) is 0 Å². The molecule has 0 saturated heterocycles. The van der Waals surface area contributed by atoms with E-state index in [-0.39, 0.29) is 5.82 Å². The first-order valence-electron chi connectivity index (χ1n) is 2.57. The molecule has 10 heavy (non-hydrogen) atoms. The van der Waals surface area contributed by atoms with Crippen molar-refractivity contribution in [2.75, 3.05) is 0 Å². The SMILES string of the molecule is Fc1ccc[c]([Bi]([Cl])[Cl])c1. The van der Waals surface area contributed by atoms with Gasteiger partial charge in [0, 0.05) is 0 Å². The van der Waals surface area contributed by atoms with Crippen molar-refractivity contribution in [2.24, 2.45) is 0 Å². The zero-order chi connectivity index (χ0) is 7.56. The average Bonchev–Trinajstić information content (AvgIpc) is 1.88. The van der Waals surface area contributed by atoms with Crippen molar-refractivity contribution >= 4 is 39.7 Å². The third kappa shape index (κ3) is 2.34. The van der Waals surface area contributed by atoms with E-state index in [0.717, 1.165) is 3.27 Å². The summed E-state index contributed by atoms with van der Waals surface area (Å²) in [6.07, 6.45) is 0. The fraction of sp³-hybridized carbons (Fsp3) is 0. The first-order chi connectivity index (χ1) is 4.70. The summed E-state index contributed by atoms with van der Waals surface area (Å²) in [5.74, 6) is -0.265. The van der Waals surface area contributed by atoms with E-state index >= 15 is 0 Å². The summed E-state index contributed by atoms with van der Waals surface area (Å²) in [6.45, 7) is 0. The second kappa shape index (κ2) is 3.85. The third-order valence-corrected chi connectivity index (χ3v) is 7.03. The van der Waals surface area contributed by atoms with Gasteiger partial charge in [-0.2, -0.15) is 0 Å². The van der Waals surface area contributed by atoms with Gasteiger partial charge in [0.2, 0.25) is 0 Å². The van der Waals surface area contributed by atoms with Gasteiger partial charge in [0.15, 0.2) is 0 Å². The molecule has 0 saturated carbocycles. The Hall–Kier alpha value is 0.613. The van der Waals surface area contributed by atoms with Crippen LogP contribution >= 0.6 is 17.0 Å². The zero-order valence-electron chi connectivity index (χ0n) is 4.89. The van der Waals surface area contributed by atoms with E-state index in [0.29, 0.717) is 0 Å². The van der Waals surface area contributed by atoms with Gasteiger partial charge in [-0.1, -0.05) is 0 Å². The summed E-state index contributed by atoms with van der Waals surface area (Å²) < 4.78 is 13.2. The maximum atomic E-state index is 12.4. The third-order valence-electron chi connectivity index (χ3n) is 1.00. The van der Waals surface area contributed by atoms with Crippen molar-refractivity contribution in [1.29, 1.82) is 0 Å². The fourth-order valence-electron chi connectivity index (χ4n) is 0.581. The van der Waals surface area contributed by atoms with Crippen LogP contribution in [0.15, 0.2) is 24.3 Å². The van der Waals surface area contributed by atoms with Crippen LogP contribution in [0.4, 0.5) is 4.39 Å². The molecule has 0 aliphatic heterocycles. The van der Waals surface area contributed by atoms with Crippen LogP contribution in [0.3, 0.4) is 0 Å². The average molecular weight is 375 g/mol. The summed E-state index contributed by atoms with van der Waals surface area (Å²) in [4.78, 5) is 0. The molecule has 0 fully saturated rings. The number of rotatable bonds is 1. The van der Waals surface area contributed by atoms with Gasteiger partial charge >= 0.3 is 74.1 Å². The molecule has 4 heteroatoms. The Bertz CT molecular complexity index is 227. The van der Waals surface area contributed by atoms with E-state index in [9.17, 15) is 4.39 Å². The summed E-state index contributed by atoms with van der Waals surface area (Å²) in [5, 5.41) is 0. The Morgan fingerprint density at radius 3 is 2.40 bits per heavy atom. The van der Waals surface area contributed by atoms with E-state index in [1.807, 2.05) is 0 Å². The fourth-order valence-corrected chi connectivity index (χ4v) is 4.06. The predicted octanol–water partition coefficient (Wildman–Crippen LogP) is 2.00. The molecule has 1 aromatic rings. The van der Waals surface area contributed by atoms with Gasteiger partial charge < -0.3 is 0 Å². The molecule has 0 N–H and O–H groups in total. The molecule has 0 radical (unpaired) electrons. The van der Waals surface area contributed by atoms with Crippen LogP contribution in [0.5, 0.6) is 0 Å². The topological polar surface area (TPSA) is 0 Å². The molecule has 0 amide bonds. The summed E-state index contributed by atoms with van der Waals surface area (Å²) in [6, 6.07) is 6.17. The zero-order valence-corrected chi connectivity index (χ0v) is 9.88. The molecule has 0 bridgehead atoms. The molecule has 0 nitrogen and oxygen atoms in total. The molecule has 54 valence electrons. The molecule has 1 rings (SSSR count). The molecule has 0 aromatic heterocycles. The van der Waals surface area contributed by atoms with Crippen molar-refractivity contribution in [2.45, 2.75) is 0 Å². The molecular weight excluding hydrogens is 371 g/mol. The van der Waals surface area contributed by atoms with Crippen molar-refractivity contribution in [1.82, 2.24) is 0 Å². The molecule has 0 unspecified atom stereocenters. The van der Waals surface area contributed by atoms with Gasteiger partial charge in [-0.05, 0) is 0 Å². The Kier molecular flexibility index (Phi) is 3.35. The number of halogens is 3. The van der Waals surface area contributed by atoms with E-state index in [2.05, 4.69) is 0 Å². The minimum absolute atomic E-state index is 0.265. The van der Waals surface area contributed by atoms with Crippen LogP contribution in [-0.2, 0) is 0 Å². The molecule has 0 spiro atoms. The Labute approximate surface area is 73.7 Å². The normalized spacial score (nSPS) is 10.4. The number of hydrogen-bond acceptors (Lipinski definition) is 0. The van der Waals surface area contributed by atoms with Gasteiger partial charge in [-0.25, -0.2) is 0 Å². The Morgan fingerprint density at radius 2 is 2.00 bits per heavy atom. The van der Waals surface area contributed by atoms with E-state index in [4.69, 9.17) is 17.0 Å². The van der Waals surface area contributed by atoms with E-state index in [1.54, 1.807) is 12.1 Å². The van der Waals surface area contributed by atoms with Gasteiger partial charge in [-0.3, -0.25) is 0 Å². The van der Waals surface area contributed by atoms with Crippen LogP contribution in [-0.4, -0.2) is 19.4 Å². The summed E-state index contributed by atoms with van der Waals surface area (Å²) >= 11 is -2.42. The number of hydrogen-bond donors (Lipinski definition) is 0. The quantitative estimate of drug-likeness (QED) is 0.659. The Morgan fingerprint density at radius 1 is 1.30 bits per heavy atom. The van der Waals surface area contributed by atoms with Crippen LogP contribution in [0.2, 0.25) is 0 Å². The second-order valence-corrected chi connectivity index (χ2v) is 13.0. The predicted molar refractivity (Wildman–Crippen MR) is 43.5 cm³/mol. The van der Waals surface area contributed by atoms with E-state index in [1.165, 1.54) is 12.1 Å². The van der Waals surface area contributed by atoms with E-state index < -0.39 is 19.4 Å².